The molecular formula is C13H11N3O. The van der Waals surface area contributed by atoms with Gasteiger partial charge in [-0.15, -0.1) is 0 Å². The molecule has 2 rings (SSSR count). The second-order valence-electron chi connectivity index (χ2n) is 3.75. The fraction of sp³-hybridized carbons (Fsp3) is 0.231. The van der Waals surface area contributed by atoms with Gasteiger partial charge in [0.15, 0.2) is 5.88 Å². The van der Waals surface area contributed by atoms with E-state index in [1.54, 1.807) is 12.1 Å². The minimum atomic E-state index is 0.127. The van der Waals surface area contributed by atoms with E-state index in [1.165, 1.54) is 0 Å². The average molecular weight is 225 g/mol. The maximum Gasteiger partial charge on any atom is 0.196 e. The second-order valence-corrected chi connectivity index (χ2v) is 3.75. The Morgan fingerprint density at radius 3 is 2.35 bits per heavy atom. The zero-order chi connectivity index (χ0) is 12.3. The molecule has 84 valence electrons. The molecule has 0 unspecified atom stereocenters. The highest BCUT2D eigenvalue weighted by atomic mass is 16.5. The molecule has 1 saturated heterocycles. The summed E-state index contributed by atoms with van der Waals surface area (Å²) in [4.78, 5) is 2.04. The largest absolute Gasteiger partial charge is 0.477 e. The Hall–Kier alpha value is -2.46. The summed E-state index contributed by atoms with van der Waals surface area (Å²) in [6.45, 7) is 1.58. The molecule has 4 heteroatoms. The number of hydrogen-bond donors (Lipinski definition) is 0. The average Bonchev–Trinajstić information content (AvgIpc) is 2.78. The summed E-state index contributed by atoms with van der Waals surface area (Å²) in [6.07, 6.45) is 0. The molecule has 1 aromatic carbocycles. The molecule has 0 radical (unpaired) electrons. The summed E-state index contributed by atoms with van der Waals surface area (Å²) in [6, 6.07) is 11.0. The second kappa shape index (κ2) is 4.59. The van der Waals surface area contributed by atoms with Crippen molar-refractivity contribution >= 4 is 11.5 Å². The van der Waals surface area contributed by atoms with Crippen LogP contribution in [0.3, 0.4) is 0 Å². The molecule has 1 aromatic rings. The molecule has 0 bridgehead atoms. The molecule has 0 aromatic heterocycles. The summed E-state index contributed by atoms with van der Waals surface area (Å²) in [5.41, 5.74) is 0.127. The highest BCUT2D eigenvalue weighted by molar-refractivity contribution is 5.72. The normalized spacial score (nSPS) is 13.8. The zero-order valence-corrected chi connectivity index (χ0v) is 9.47. The molecule has 0 spiro atoms. The van der Waals surface area contributed by atoms with Crippen molar-refractivity contribution in [2.75, 3.05) is 20.2 Å². The van der Waals surface area contributed by atoms with E-state index < -0.39 is 0 Å². The summed E-state index contributed by atoms with van der Waals surface area (Å²) >= 11 is 0. The lowest BCUT2D eigenvalue weighted by Crippen LogP contribution is -2.19. The molecule has 1 heterocycles. The maximum atomic E-state index is 8.75. The topological polar surface area (TPSA) is 60.0 Å². The van der Waals surface area contributed by atoms with Gasteiger partial charge in [0.2, 0.25) is 0 Å². The number of rotatable bonds is 0. The monoisotopic (exact) mass is 225 g/mol. The van der Waals surface area contributed by atoms with Crippen molar-refractivity contribution in [2.45, 2.75) is 0 Å². The Morgan fingerprint density at radius 1 is 1.24 bits per heavy atom. The number of nitrogens with zero attached hydrogens (tertiary/aromatic N) is 3. The van der Waals surface area contributed by atoms with Crippen molar-refractivity contribution in [3.05, 3.63) is 34.7 Å². The fourth-order valence-corrected chi connectivity index (χ4v) is 1.73. The first-order chi connectivity index (χ1) is 8.26. The van der Waals surface area contributed by atoms with Crippen LogP contribution >= 0.6 is 0 Å². The van der Waals surface area contributed by atoms with Crippen LogP contribution in [0.25, 0.3) is 11.5 Å². The Balaban J connectivity index is 2.56. The van der Waals surface area contributed by atoms with Crippen LogP contribution < -0.4 is 10.4 Å². The number of benzene rings is 1. The van der Waals surface area contributed by atoms with Crippen LogP contribution in [0.15, 0.2) is 24.3 Å². The third kappa shape index (κ3) is 2.07. The summed E-state index contributed by atoms with van der Waals surface area (Å²) in [7, 11) is 1.97. The van der Waals surface area contributed by atoms with Crippen LogP contribution in [-0.2, 0) is 4.74 Å². The predicted molar refractivity (Wildman–Crippen MR) is 62.3 cm³/mol. The molecule has 0 atom stereocenters. The summed E-state index contributed by atoms with van der Waals surface area (Å²) < 4.78 is 5.51. The summed E-state index contributed by atoms with van der Waals surface area (Å²) in [5.74, 6) is 0.840. The van der Waals surface area contributed by atoms with Crippen LogP contribution in [0.1, 0.15) is 0 Å². The molecule has 1 aliphatic heterocycles. The third-order valence-corrected chi connectivity index (χ3v) is 2.66. The summed E-state index contributed by atoms with van der Waals surface area (Å²) in [5, 5.41) is 19.1. The number of ether oxygens (including phenoxy) is 1. The molecule has 0 amide bonds. The number of likely N-dealkylation sites (N-methyl/N-ethyl adjacent to an activating group) is 1. The van der Waals surface area contributed by atoms with Gasteiger partial charge in [0, 0.05) is 17.5 Å². The van der Waals surface area contributed by atoms with Gasteiger partial charge in [-0.2, -0.15) is 10.5 Å². The van der Waals surface area contributed by atoms with E-state index in [0.29, 0.717) is 11.8 Å². The van der Waals surface area contributed by atoms with Crippen LogP contribution in [0, 0.1) is 22.7 Å². The first kappa shape index (κ1) is 11.0. The minimum absolute atomic E-state index is 0.127. The first-order valence-electron chi connectivity index (χ1n) is 5.25. The van der Waals surface area contributed by atoms with E-state index in [9.17, 15) is 0 Å². The van der Waals surface area contributed by atoms with Crippen molar-refractivity contribution in [3.8, 4) is 12.1 Å². The Kier molecular flexibility index (Phi) is 2.98. The third-order valence-electron chi connectivity index (χ3n) is 2.66. The van der Waals surface area contributed by atoms with Crippen LogP contribution in [0.5, 0.6) is 0 Å². The molecular weight excluding hydrogens is 214 g/mol. The quantitative estimate of drug-likeness (QED) is 0.619. The van der Waals surface area contributed by atoms with Gasteiger partial charge in [-0.3, -0.25) is 0 Å². The van der Waals surface area contributed by atoms with E-state index >= 15 is 0 Å². The predicted octanol–water partition coefficient (Wildman–Crippen LogP) is -0.0878. The minimum Gasteiger partial charge on any atom is -0.477 e. The molecule has 1 fully saturated rings. The van der Waals surface area contributed by atoms with Crippen molar-refractivity contribution in [2.24, 2.45) is 0 Å². The Labute approximate surface area is 99.3 Å². The van der Waals surface area contributed by atoms with Gasteiger partial charge in [0.25, 0.3) is 0 Å². The van der Waals surface area contributed by atoms with E-state index in [1.807, 2.05) is 36.2 Å². The lowest BCUT2D eigenvalue weighted by Gasteiger charge is -2.08. The van der Waals surface area contributed by atoms with Crippen LogP contribution in [0.2, 0.25) is 0 Å². The SMILES string of the molecule is CN1CCOC1=c1ccc(=C(C#N)C#N)cc1. The number of hydrogen-bond acceptors (Lipinski definition) is 4. The molecule has 4 nitrogen and oxygen atoms in total. The van der Waals surface area contributed by atoms with Crippen LogP contribution in [-0.4, -0.2) is 25.1 Å². The standard InChI is InChI=1S/C13H11N3O/c1-16-6-7-17-13(16)11-4-2-10(3-5-11)12(8-14)9-15/h2-5H,6-7H2,1H3. The van der Waals surface area contributed by atoms with Crippen LogP contribution in [0.4, 0.5) is 0 Å². The lowest BCUT2D eigenvalue weighted by molar-refractivity contribution is 0.316. The van der Waals surface area contributed by atoms with Gasteiger partial charge in [-0.05, 0) is 12.1 Å². The van der Waals surface area contributed by atoms with E-state index in [-0.39, 0.29) is 5.57 Å². The smallest absolute Gasteiger partial charge is 0.196 e. The van der Waals surface area contributed by atoms with Gasteiger partial charge < -0.3 is 9.64 Å². The Morgan fingerprint density at radius 2 is 1.88 bits per heavy atom. The van der Waals surface area contributed by atoms with Gasteiger partial charge >= 0.3 is 0 Å². The highest BCUT2D eigenvalue weighted by Gasteiger charge is 2.13. The van der Waals surface area contributed by atoms with Crippen molar-refractivity contribution in [1.29, 1.82) is 10.5 Å². The van der Waals surface area contributed by atoms with Crippen molar-refractivity contribution < 1.29 is 4.74 Å². The molecule has 0 N–H and O–H groups in total. The van der Waals surface area contributed by atoms with Gasteiger partial charge in [0.05, 0.1) is 6.54 Å². The van der Waals surface area contributed by atoms with Crippen molar-refractivity contribution in [1.82, 2.24) is 4.90 Å². The zero-order valence-electron chi connectivity index (χ0n) is 9.47. The van der Waals surface area contributed by atoms with Crippen molar-refractivity contribution in [3.63, 3.8) is 0 Å². The lowest BCUT2D eigenvalue weighted by atomic mass is 10.2. The molecule has 1 aliphatic rings. The van der Waals surface area contributed by atoms with Gasteiger partial charge in [-0.1, -0.05) is 12.1 Å². The van der Waals surface area contributed by atoms with E-state index in [4.69, 9.17) is 15.3 Å². The first-order valence-corrected chi connectivity index (χ1v) is 5.25. The van der Waals surface area contributed by atoms with Gasteiger partial charge in [0.1, 0.15) is 24.3 Å². The van der Waals surface area contributed by atoms with E-state index in [2.05, 4.69) is 0 Å². The molecule has 17 heavy (non-hydrogen) atoms. The Bertz CT molecular complexity index is 595. The molecule has 0 saturated carbocycles. The fourth-order valence-electron chi connectivity index (χ4n) is 1.73. The van der Waals surface area contributed by atoms with E-state index in [0.717, 1.165) is 17.6 Å². The van der Waals surface area contributed by atoms with Gasteiger partial charge in [-0.25, -0.2) is 0 Å². The highest BCUT2D eigenvalue weighted by Crippen LogP contribution is 2.09. The number of nitriles is 2. The maximum absolute atomic E-state index is 8.75. The molecule has 0 aliphatic carbocycles.